The van der Waals surface area contributed by atoms with E-state index in [1.807, 2.05) is 43.3 Å². The van der Waals surface area contributed by atoms with Crippen LogP contribution in [0.2, 0.25) is 0 Å². The fourth-order valence-electron chi connectivity index (χ4n) is 5.64. The number of unbranched alkanes of at least 4 members (excludes halogenated alkanes) is 1. The zero-order valence-electron chi connectivity index (χ0n) is 30.5. The van der Waals surface area contributed by atoms with E-state index in [2.05, 4.69) is 5.32 Å². The number of ether oxygens (including phenoxy) is 5. The Kier molecular flexibility index (Phi) is 14.2. The molecule has 0 unspecified atom stereocenters. The minimum atomic E-state index is -4.51. The molecule has 52 heavy (non-hydrogen) atoms. The molecule has 0 heterocycles. The number of methoxy groups -OCH3 is 5. The number of anilines is 1. The summed E-state index contributed by atoms with van der Waals surface area (Å²) in [5.74, 6) is 0.585. The maximum absolute atomic E-state index is 14.9. The van der Waals surface area contributed by atoms with E-state index in [0.717, 1.165) is 22.7 Å². The van der Waals surface area contributed by atoms with Gasteiger partial charge in [0.1, 0.15) is 29.8 Å². The number of nitrogens with zero attached hydrogens (tertiary/aromatic N) is 2. The van der Waals surface area contributed by atoms with Gasteiger partial charge in [-0.25, -0.2) is 8.42 Å². The Morgan fingerprint density at radius 3 is 2.02 bits per heavy atom. The number of nitrogens with one attached hydrogen (secondary N) is 1. The number of benzene rings is 4. The number of rotatable bonds is 19. The fraction of sp³-hybridized carbons (Fsp3) is 0.333. The highest BCUT2D eigenvalue weighted by atomic mass is 32.2. The summed E-state index contributed by atoms with van der Waals surface area (Å²) in [6.45, 7) is 1.72. The van der Waals surface area contributed by atoms with E-state index in [9.17, 15) is 18.0 Å². The second-order valence-corrected chi connectivity index (χ2v) is 13.7. The summed E-state index contributed by atoms with van der Waals surface area (Å²) >= 11 is 0. The standard InChI is InChI=1S/C39H47N3O9S/c1-7-8-21-40-39(44)34(23-28-13-10-9-11-14-28)41(26-29-15-12-16-30(22-29)47-2)38(43)27-42(33-24-31(48-3)17-19-35(33)49-4)52(45,46)32-18-20-36(50-5)37(25-32)51-6/h9-20,22,24-25,34H,7-8,21,23,26-27H2,1-6H3,(H,40,44)/t34-/m0/s1. The molecule has 0 saturated carbocycles. The molecule has 0 aliphatic heterocycles. The second-order valence-electron chi connectivity index (χ2n) is 11.8. The van der Waals surface area contributed by atoms with E-state index in [4.69, 9.17) is 23.7 Å². The Bertz CT molecular complexity index is 1900. The van der Waals surface area contributed by atoms with Crippen LogP contribution >= 0.6 is 0 Å². The van der Waals surface area contributed by atoms with Crippen molar-refractivity contribution in [1.29, 1.82) is 0 Å². The van der Waals surface area contributed by atoms with Crippen molar-refractivity contribution in [3.05, 3.63) is 102 Å². The minimum absolute atomic E-state index is 0.0196. The molecule has 13 heteroatoms. The first-order valence-corrected chi connectivity index (χ1v) is 18.2. The lowest BCUT2D eigenvalue weighted by Gasteiger charge is -2.34. The molecule has 0 aromatic heterocycles. The van der Waals surface area contributed by atoms with Crippen molar-refractivity contribution in [1.82, 2.24) is 10.2 Å². The molecule has 4 aromatic carbocycles. The van der Waals surface area contributed by atoms with Gasteiger partial charge < -0.3 is 33.9 Å². The van der Waals surface area contributed by atoms with Crippen molar-refractivity contribution >= 4 is 27.5 Å². The van der Waals surface area contributed by atoms with Crippen LogP contribution in [0, 0.1) is 0 Å². The molecule has 2 amide bonds. The Morgan fingerprint density at radius 2 is 1.37 bits per heavy atom. The van der Waals surface area contributed by atoms with Gasteiger partial charge in [0.15, 0.2) is 11.5 Å². The van der Waals surface area contributed by atoms with Crippen LogP contribution in [0.25, 0.3) is 0 Å². The van der Waals surface area contributed by atoms with E-state index in [0.29, 0.717) is 29.4 Å². The number of carbonyl (C=O) groups is 2. The van der Waals surface area contributed by atoms with E-state index >= 15 is 0 Å². The lowest BCUT2D eigenvalue weighted by Crippen LogP contribution is -2.53. The molecular formula is C39H47N3O9S. The van der Waals surface area contributed by atoms with Crippen LogP contribution in [0.1, 0.15) is 30.9 Å². The Labute approximate surface area is 306 Å². The highest BCUT2D eigenvalue weighted by Crippen LogP contribution is 2.38. The van der Waals surface area contributed by atoms with Gasteiger partial charge in [0.05, 0.1) is 46.1 Å². The molecule has 1 atom stereocenters. The average Bonchev–Trinajstić information content (AvgIpc) is 3.17. The number of hydrogen-bond donors (Lipinski definition) is 1. The predicted octanol–water partition coefficient (Wildman–Crippen LogP) is 5.48. The van der Waals surface area contributed by atoms with Gasteiger partial charge >= 0.3 is 0 Å². The summed E-state index contributed by atoms with van der Waals surface area (Å²) in [6, 6.07) is 24.4. The number of hydrogen-bond acceptors (Lipinski definition) is 9. The lowest BCUT2D eigenvalue weighted by molar-refractivity contribution is -0.140. The van der Waals surface area contributed by atoms with Crippen molar-refractivity contribution in [2.24, 2.45) is 0 Å². The Hall–Kier alpha value is -5.43. The minimum Gasteiger partial charge on any atom is -0.497 e. The van der Waals surface area contributed by atoms with Crippen LogP contribution in [-0.4, -0.2) is 79.8 Å². The summed E-state index contributed by atoms with van der Waals surface area (Å²) in [7, 11) is 2.73. The molecule has 0 fully saturated rings. The van der Waals surface area contributed by atoms with Crippen LogP contribution in [-0.2, 0) is 32.6 Å². The van der Waals surface area contributed by atoms with Crippen LogP contribution in [0.3, 0.4) is 0 Å². The third-order valence-electron chi connectivity index (χ3n) is 8.46. The van der Waals surface area contributed by atoms with Crippen molar-refractivity contribution in [2.45, 2.75) is 43.7 Å². The largest absolute Gasteiger partial charge is 0.497 e. The number of carbonyl (C=O) groups excluding carboxylic acids is 2. The third kappa shape index (κ3) is 9.66. The molecule has 0 saturated heterocycles. The third-order valence-corrected chi connectivity index (χ3v) is 10.2. The summed E-state index contributed by atoms with van der Waals surface area (Å²) in [5, 5.41) is 2.99. The van der Waals surface area contributed by atoms with Gasteiger partial charge in [0.25, 0.3) is 10.0 Å². The molecule has 278 valence electrons. The molecule has 4 rings (SSSR count). The molecular weight excluding hydrogens is 687 g/mol. The average molecular weight is 734 g/mol. The second kappa shape index (κ2) is 18.7. The van der Waals surface area contributed by atoms with Crippen molar-refractivity contribution in [3.63, 3.8) is 0 Å². The fourth-order valence-corrected chi connectivity index (χ4v) is 7.07. The molecule has 0 aliphatic carbocycles. The topological polar surface area (TPSA) is 133 Å². The van der Waals surface area contributed by atoms with E-state index in [1.54, 1.807) is 37.4 Å². The van der Waals surface area contributed by atoms with Gasteiger partial charge in [-0.05, 0) is 53.9 Å². The summed E-state index contributed by atoms with van der Waals surface area (Å²) < 4.78 is 57.6. The number of sulfonamides is 1. The maximum atomic E-state index is 14.9. The summed E-state index contributed by atoms with van der Waals surface area (Å²) in [5.41, 5.74) is 1.56. The molecule has 4 aromatic rings. The van der Waals surface area contributed by atoms with E-state index in [-0.39, 0.29) is 41.0 Å². The normalized spacial score (nSPS) is 11.6. The SMILES string of the molecule is CCCCNC(=O)[C@H](Cc1ccccc1)N(Cc1cccc(OC)c1)C(=O)CN(c1cc(OC)ccc1OC)S(=O)(=O)c1ccc(OC)c(OC)c1. The van der Waals surface area contributed by atoms with Crippen LogP contribution < -0.4 is 33.3 Å². The smallest absolute Gasteiger partial charge is 0.265 e. The zero-order valence-corrected chi connectivity index (χ0v) is 31.3. The van der Waals surface area contributed by atoms with Gasteiger partial charge in [-0.1, -0.05) is 55.8 Å². The quantitative estimate of drug-likeness (QED) is 0.124. The molecule has 0 radical (unpaired) electrons. The van der Waals surface area contributed by atoms with Crippen molar-refractivity contribution < 1.29 is 41.7 Å². The van der Waals surface area contributed by atoms with Crippen LogP contribution in [0.15, 0.2) is 95.9 Å². The first-order valence-electron chi connectivity index (χ1n) is 16.8. The van der Waals surface area contributed by atoms with Gasteiger partial charge in [-0.3, -0.25) is 13.9 Å². The highest BCUT2D eigenvalue weighted by Gasteiger charge is 2.36. The van der Waals surface area contributed by atoms with Crippen LogP contribution in [0.5, 0.6) is 28.7 Å². The molecule has 1 N–H and O–H groups in total. The first-order chi connectivity index (χ1) is 25.1. The predicted molar refractivity (Wildman–Crippen MR) is 199 cm³/mol. The Balaban J connectivity index is 1.89. The molecule has 0 bridgehead atoms. The van der Waals surface area contributed by atoms with Crippen molar-refractivity contribution in [2.75, 3.05) is 52.9 Å². The first kappa shape index (κ1) is 39.4. The molecule has 0 aliphatic rings. The number of amides is 2. The highest BCUT2D eigenvalue weighted by molar-refractivity contribution is 7.92. The van der Waals surface area contributed by atoms with Gasteiger partial charge in [0.2, 0.25) is 11.8 Å². The monoisotopic (exact) mass is 733 g/mol. The van der Waals surface area contributed by atoms with Crippen molar-refractivity contribution in [3.8, 4) is 28.7 Å². The lowest BCUT2D eigenvalue weighted by atomic mass is 10.0. The van der Waals surface area contributed by atoms with E-state index in [1.165, 1.54) is 57.6 Å². The van der Waals surface area contributed by atoms with E-state index < -0.39 is 28.5 Å². The van der Waals surface area contributed by atoms with Crippen LogP contribution in [0.4, 0.5) is 5.69 Å². The molecule has 0 spiro atoms. The van der Waals surface area contributed by atoms with Gasteiger partial charge in [-0.15, -0.1) is 0 Å². The zero-order chi connectivity index (χ0) is 37.7. The molecule has 12 nitrogen and oxygen atoms in total. The summed E-state index contributed by atoms with van der Waals surface area (Å²) in [4.78, 5) is 30.2. The van der Waals surface area contributed by atoms with Gasteiger partial charge in [0, 0.05) is 31.6 Å². The Morgan fingerprint density at radius 1 is 0.712 bits per heavy atom. The maximum Gasteiger partial charge on any atom is 0.265 e. The summed E-state index contributed by atoms with van der Waals surface area (Å²) in [6.07, 6.45) is 1.79. The van der Waals surface area contributed by atoms with Gasteiger partial charge in [-0.2, -0.15) is 0 Å².